The minimum absolute atomic E-state index is 0.186. The van der Waals surface area contributed by atoms with Crippen LogP contribution in [-0.4, -0.2) is 51.8 Å². The van der Waals surface area contributed by atoms with E-state index in [2.05, 4.69) is 10.3 Å². The van der Waals surface area contributed by atoms with Crippen molar-refractivity contribution in [2.45, 2.75) is 31.2 Å². The van der Waals surface area contributed by atoms with Gasteiger partial charge in [-0.2, -0.15) is 0 Å². The molecule has 0 saturated carbocycles. The molecule has 1 fully saturated rings. The van der Waals surface area contributed by atoms with Crippen LogP contribution in [-0.2, 0) is 11.3 Å². The lowest BCUT2D eigenvalue weighted by Gasteiger charge is -2.16. The molecule has 4 N–H and O–H groups in total. The van der Waals surface area contributed by atoms with Crippen LogP contribution in [0.3, 0.4) is 0 Å². The van der Waals surface area contributed by atoms with Crippen molar-refractivity contribution in [1.82, 2.24) is 14.9 Å². The second-order valence-corrected chi connectivity index (χ2v) is 4.53. The molecule has 8 nitrogen and oxygen atoms in total. The minimum atomic E-state index is -1.88. The van der Waals surface area contributed by atoms with Crippen molar-refractivity contribution >= 4 is 0 Å². The van der Waals surface area contributed by atoms with Crippen molar-refractivity contribution < 1.29 is 19.3 Å². The van der Waals surface area contributed by atoms with Gasteiger partial charge in [0.15, 0.2) is 12.4 Å². The van der Waals surface area contributed by atoms with E-state index in [0.717, 1.165) is 4.57 Å². The Morgan fingerprint density at radius 1 is 1.55 bits per heavy atom. The second kappa shape index (κ2) is 5.83. The molecule has 1 saturated heterocycles. The molecule has 0 bridgehead atoms. The summed E-state index contributed by atoms with van der Waals surface area (Å²) in [6, 6.07) is 0. The monoisotopic (exact) mass is 289 g/mol. The Labute approximate surface area is 112 Å². The molecule has 4 atom stereocenters. The van der Waals surface area contributed by atoms with E-state index < -0.39 is 42.5 Å². The zero-order valence-electron chi connectivity index (χ0n) is 10.7. The van der Waals surface area contributed by atoms with Gasteiger partial charge in [0.05, 0.1) is 6.61 Å². The van der Waals surface area contributed by atoms with Crippen molar-refractivity contribution in [3.8, 4) is 0 Å². The number of hydrogen-bond donors (Lipinski definition) is 4. The van der Waals surface area contributed by atoms with Gasteiger partial charge in [-0.05, 0) is 7.05 Å². The highest BCUT2D eigenvalue weighted by molar-refractivity contribution is 5.05. The van der Waals surface area contributed by atoms with Crippen LogP contribution < -0.4 is 16.6 Å². The highest BCUT2D eigenvalue weighted by Crippen LogP contribution is 2.30. The first-order chi connectivity index (χ1) is 9.49. The van der Waals surface area contributed by atoms with Crippen LogP contribution in [0.5, 0.6) is 0 Å². The fourth-order valence-electron chi connectivity index (χ4n) is 2.11. The number of H-pyrrole nitrogens is 1. The van der Waals surface area contributed by atoms with Crippen molar-refractivity contribution in [3.63, 3.8) is 0 Å². The second-order valence-electron chi connectivity index (χ2n) is 4.53. The van der Waals surface area contributed by atoms with Crippen molar-refractivity contribution in [3.05, 3.63) is 32.6 Å². The number of hydrogen-bond acceptors (Lipinski definition) is 6. The maximum absolute atomic E-state index is 13.9. The van der Waals surface area contributed by atoms with Gasteiger partial charge < -0.3 is 20.3 Å². The highest BCUT2D eigenvalue weighted by atomic mass is 19.1. The third-order valence-electron chi connectivity index (χ3n) is 3.16. The maximum atomic E-state index is 13.9. The van der Waals surface area contributed by atoms with Gasteiger partial charge in [0.1, 0.15) is 12.2 Å². The minimum Gasteiger partial charge on any atom is -0.394 e. The number of nitrogens with one attached hydrogen (secondary N) is 2. The summed E-state index contributed by atoms with van der Waals surface area (Å²) in [6.07, 6.45) is -4.72. The molecule has 2 heterocycles. The third-order valence-corrected chi connectivity index (χ3v) is 3.16. The lowest BCUT2D eigenvalue weighted by molar-refractivity contribution is -0.0492. The number of aliphatic hydroxyl groups is 2. The summed E-state index contributed by atoms with van der Waals surface area (Å²) < 4.78 is 19.9. The predicted octanol–water partition coefficient (Wildman–Crippen LogP) is -2.16. The van der Waals surface area contributed by atoms with Crippen LogP contribution in [0.4, 0.5) is 4.39 Å². The van der Waals surface area contributed by atoms with Gasteiger partial charge in [-0.15, -0.1) is 0 Å². The molecule has 1 aromatic rings. The van der Waals surface area contributed by atoms with Gasteiger partial charge in [-0.3, -0.25) is 14.3 Å². The lowest BCUT2D eigenvalue weighted by atomic mass is 10.1. The number of aliphatic hydroxyl groups excluding tert-OH is 2. The lowest BCUT2D eigenvalue weighted by Crippen LogP contribution is -2.38. The molecule has 20 heavy (non-hydrogen) atoms. The fourth-order valence-corrected chi connectivity index (χ4v) is 2.11. The van der Waals surface area contributed by atoms with Crippen LogP contribution in [0.15, 0.2) is 15.8 Å². The molecular weight excluding hydrogens is 273 g/mol. The van der Waals surface area contributed by atoms with E-state index in [1.54, 1.807) is 7.05 Å². The first-order valence-electron chi connectivity index (χ1n) is 6.07. The van der Waals surface area contributed by atoms with Crippen LogP contribution in [0.25, 0.3) is 0 Å². The van der Waals surface area contributed by atoms with Crippen molar-refractivity contribution in [2.24, 2.45) is 0 Å². The SMILES string of the molecule is CNCc1cn([C@@H]2O[C@H](CO)[C@H](O)[C@@H]2F)c(=O)[nH]c1=O. The normalized spacial score (nSPS) is 29.8. The number of nitrogens with zero attached hydrogens (tertiary/aromatic N) is 1. The van der Waals surface area contributed by atoms with Gasteiger partial charge in [-0.25, -0.2) is 9.18 Å². The number of aromatic amines is 1. The molecule has 0 unspecified atom stereocenters. The molecule has 0 aromatic carbocycles. The summed E-state index contributed by atoms with van der Waals surface area (Å²) >= 11 is 0. The summed E-state index contributed by atoms with van der Waals surface area (Å²) in [5.74, 6) is 0. The molecule has 1 aromatic heterocycles. The summed E-state index contributed by atoms with van der Waals surface area (Å²) in [5.41, 5.74) is -1.19. The number of ether oxygens (including phenoxy) is 1. The van der Waals surface area contributed by atoms with Crippen LogP contribution in [0, 0.1) is 0 Å². The first-order valence-corrected chi connectivity index (χ1v) is 6.07. The van der Waals surface area contributed by atoms with Gasteiger partial charge >= 0.3 is 5.69 Å². The molecule has 1 aliphatic rings. The van der Waals surface area contributed by atoms with E-state index >= 15 is 0 Å². The number of rotatable bonds is 4. The van der Waals surface area contributed by atoms with Gasteiger partial charge in [0, 0.05) is 18.3 Å². The average molecular weight is 289 g/mol. The Balaban J connectivity index is 2.40. The van der Waals surface area contributed by atoms with Gasteiger partial charge in [0.2, 0.25) is 0 Å². The molecular formula is C11H16FN3O5. The largest absolute Gasteiger partial charge is 0.394 e. The first kappa shape index (κ1) is 14.9. The van der Waals surface area contributed by atoms with Crippen LogP contribution >= 0.6 is 0 Å². The summed E-state index contributed by atoms with van der Waals surface area (Å²) in [4.78, 5) is 25.3. The molecule has 0 spiro atoms. The van der Waals surface area contributed by atoms with E-state index in [1.165, 1.54) is 6.20 Å². The molecule has 0 radical (unpaired) electrons. The Morgan fingerprint density at radius 2 is 2.25 bits per heavy atom. The van der Waals surface area contributed by atoms with Gasteiger partial charge in [0.25, 0.3) is 5.56 Å². The molecule has 112 valence electrons. The van der Waals surface area contributed by atoms with E-state index in [9.17, 15) is 19.1 Å². The fraction of sp³-hybridized carbons (Fsp3) is 0.636. The topological polar surface area (TPSA) is 117 Å². The summed E-state index contributed by atoms with van der Waals surface area (Å²) in [7, 11) is 1.62. The van der Waals surface area contributed by atoms with Crippen LogP contribution in [0.1, 0.15) is 11.8 Å². The van der Waals surface area contributed by atoms with E-state index in [4.69, 9.17) is 9.84 Å². The van der Waals surface area contributed by atoms with E-state index in [-0.39, 0.29) is 12.1 Å². The van der Waals surface area contributed by atoms with Crippen LogP contribution in [0.2, 0.25) is 0 Å². The average Bonchev–Trinajstić information content (AvgIpc) is 2.70. The van der Waals surface area contributed by atoms with E-state index in [1.807, 2.05) is 0 Å². The van der Waals surface area contributed by atoms with Gasteiger partial charge in [-0.1, -0.05) is 0 Å². The highest BCUT2D eigenvalue weighted by Gasteiger charge is 2.45. The zero-order valence-corrected chi connectivity index (χ0v) is 10.7. The maximum Gasteiger partial charge on any atom is 0.330 e. The predicted molar refractivity (Wildman–Crippen MR) is 66.0 cm³/mol. The Morgan fingerprint density at radius 3 is 2.80 bits per heavy atom. The number of aromatic nitrogens is 2. The standard InChI is InChI=1S/C11H16FN3O5/c1-13-2-5-3-15(11(19)14-9(5)18)10-7(12)8(17)6(4-16)20-10/h3,6-8,10,13,16-17H,2,4H2,1H3,(H,14,18,19)/t6-,7+,8+,10-/m1/s1. The molecule has 0 aliphatic carbocycles. The summed E-state index contributed by atoms with van der Waals surface area (Å²) in [5, 5.41) is 21.3. The molecule has 1 aliphatic heterocycles. The van der Waals surface area contributed by atoms with Crippen molar-refractivity contribution in [1.29, 1.82) is 0 Å². The molecule has 2 rings (SSSR count). The molecule has 0 amide bonds. The third kappa shape index (κ3) is 2.52. The Hall–Kier alpha value is -1.55. The molecule has 9 heteroatoms. The number of alkyl halides is 1. The Kier molecular flexibility index (Phi) is 4.33. The number of halogens is 1. The van der Waals surface area contributed by atoms with E-state index in [0.29, 0.717) is 0 Å². The smallest absolute Gasteiger partial charge is 0.330 e. The quantitative estimate of drug-likeness (QED) is 0.502. The Bertz CT molecular complexity index is 586. The van der Waals surface area contributed by atoms with Crippen molar-refractivity contribution in [2.75, 3.05) is 13.7 Å². The summed E-state index contributed by atoms with van der Waals surface area (Å²) in [6.45, 7) is -0.384. The zero-order chi connectivity index (χ0) is 14.9.